The third-order valence-corrected chi connectivity index (χ3v) is 3.72. The summed E-state index contributed by atoms with van der Waals surface area (Å²) in [4.78, 5) is 4.84. The van der Waals surface area contributed by atoms with Crippen molar-refractivity contribution in [2.75, 3.05) is 11.9 Å². The van der Waals surface area contributed by atoms with E-state index in [1.165, 1.54) is 0 Å². The molecule has 1 N–H and O–H groups in total. The molecule has 1 aromatic carbocycles. The number of anilines is 1. The Morgan fingerprint density at radius 2 is 1.95 bits per heavy atom. The molecule has 4 nitrogen and oxygen atoms in total. The van der Waals surface area contributed by atoms with Crippen LogP contribution in [0, 0.1) is 0 Å². The van der Waals surface area contributed by atoms with Gasteiger partial charge in [-0.3, -0.25) is 0 Å². The first-order valence-corrected chi connectivity index (χ1v) is 7.88. The fourth-order valence-corrected chi connectivity index (χ4v) is 2.48. The van der Waals surface area contributed by atoms with Crippen LogP contribution in [0.15, 0.2) is 42.6 Å². The zero-order valence-corrected chi connectivity index (χ0v) is 13.4. The Balaban J connectivity index is 2.18. The van der Waals surface area contributed by atoms with E-state index < -0.39 is 0 Å². The minimum Gasteiger partial charge on any atom is -0.370 e. The van der Waals surface area contributed by atoms with Crippen LogP contribution in [0.3, 0.4) is 0 Å². The molecule has 0 aliphatic carbocycles. The van der Waals surface area contributed by atoms with E-state index in [0.717, 1.165) is 41.3 Å². The highest BCUT2D eigenvalue weighted by molar-refractivity contribution is 5.78. The van der Waals surface area contributed by atoms with Crippen LogP contribution in [-0.2, 0) is 0 Å². The second-order valence-corrected chi connectivity index (χ2v) is 5.81. The molecule has 2 heterocycles. The quantitative estimate of drug-likeness (QED) is 0.761. The van der Waals surface area contributed by atoms with Gasteiger partial charge in [0.05, 0.1) is 6.20 Å². The highest BCUT2D eigenvalue weighted by atomic mass is 15.3. The van der Waals surface area contributed by atoms with Gasteiger partial charge in [0.2, 0.25) is 0 Å². The van der Waals surface area contributed by atoms with Gasteiger partial charge in [-0.05, 0) is 17.9 Å². The van der Waals surface area contributed by atoms with Crippen LogP contribution in [0.5, 0.6) is 0 Å². The number of benzene rings is 1. The second-order valence-electron chi connectivity index (χ2n) is 5.81. The van der Waals surface area contributed by atoms with Crippen molar-refractivity contribution in [3.05, 3.63) is 48.3 Å². The zero-order valence-electron chi connectivity index (χ0n) is 13.4. The van der Waals surface area contributed by atoms with E-state index in [9.17, 15) is 0 Å². The van der Waals surface area contributed by atoms with E-state index in [1.807, 2.05) is 28.9 Å². The number of rotatable bonds is 5. The molecule has 22 heavy (non-hydrogen) atoms. The Labute approximate surface area is 131 Å². The van der Waals surface area contributed by atoms with Gasteiger partial charge in [-0.1, -0.05) is 51.1 Å². The summed E-state index contributed by atoms with van der Waals surface area (Å²) in [6.45, 7) is 7.42. The van der Waals surface area contributed by atoms with Gasteiger partial charge in [0.1, 0.15) is 5.82 Å². The predicted octanol–water partition coefficient (Wildman–Crippen LogP) is 4.34. The van der Waals surface area contributed by atoms with E-state index in [0.29, 0.717) is 5.92 Å². The van der Waals surface area contributed by atoms with Gasteiger partial charge in [0.25, 0.3) is 0 Å². The smallest absolute Gasteiger partial charge is 0.165 e. The predicted molar refractivity (Wildman–Crippen MR) is 91.3 cm³/mol. The SMILES string of the molecule is CCCNc1cc(C(C)C)nc2c(-c3ccccc3)cnn12. The van der Waals surface area contributed by atoms with Gasteiger partial charge in [-0.25, -0.2) is 4.98 Å². The lowest BCUT2D eigenvalue weighted by atomic mass is 10.1. The molecule has 0 saturated carbocycles. The molecular weight excluding hydrogens is 272 g/mol. The Kier molecular flexibility index (Phi) is 4.09. The summed E-state index contributed by atoms with van der Waals surface area (Å²) < 4.78 is 1.91. The molecular formula is C18H22N4. The number of fused-ring (bicyclic) bond motifs is 1. The fourth-order valence-electron chi connectivity index (χ4n) is 2.48. The Hall–Kier alpha value is -2.36. The lowest BCUT2D eigenvalue weighted by Crippen LogP contribution is -2.08. The van der Waals surface area contributed by atoms with Crippen LogP contribution in [-0.4, -0.2) is 21.1 Å². The molecule has 0 spiro atoms. The van der Waals surface area contributed by atoms with Crippen molar-refractivity contribution in [3.63, 3.8) is 0 Å². The molecule has 2 aromatic heterocycles. The van der Waals surface area contributed by atoms with Gasteiger partial charge < -0.3 is 5.32 Å². The monoisotopic (exact) mass is 294 g/mol. The summed E-state index contributed by atoms with van der Waals surface area (Å²) in [7, 11) is 0. The summed E-state index contributed by atoms with van der Waals surface area (Å²) in [5.74, 6) is 1.39. The molecule has 0 bridgehead atoms. The van der Waals surface area contributed by atoms with Crippen molar-refractivity contribution in [2.45, 2.75) is 33.1 Å². The highest BCUT2D eigenvalue weighted by Crippen LogP contribution is 2.27. The summed E-state index contributed by atoms with van der Waals surface area (Å²) >= 11 is 0. The number of nitrogens with zero attached hydrogens (tertiary/aromatic N) is 3. The maximum atomic E-state index is 4.84. The third kappa shape index (κ3) is 2.69. The van der Waals surface area contributed by atoms with Crippen molar-refractivity contribution in [1.29, 1.82) is 0 Å². The van der Waals surface area contributed by atoms with E-state index in [-0.39, 0.29) is 0 Å². The van der Waals surface area contributed by atoms with Crippen molar-refractivity contribution in [2.24, 2.45) is 0 Å². The number of nitrogens with one attached hydrogen (secondary N) is 1. The van der Waals surface area contributed by atoms with Crippen molar-refractivity contribution >= 4 is 11.5 Å². The second kappa shape index (κ2) is 6.18. The largest absolute Gasteiger partial charge is 0.370 e. The van der Waals surface area contributed by atoms with Gasteiger partial charge in [0, 0.05) is 23.9 Å². The van der Waals surface area contributed by atoms with E-state index in [2.05, 4.69) is 49.4 Å². The van der Waals surface area contributed by atoms with Crippen molar-refractivity contribution < 1.29 is 0 Å². The third-order valence-electron chi connectivity index (χ3n) is 3.72. The lowest BCUT2D eigenvalue weighted by Gasteiger charge is -2.12. The molecule has 0 fully saturated rings. The van der Waals surface area contributed by atoms with Gasteiger partial charge in [-0.2, -0.15) is 9.61 Å². The summed E-state index contributed by atoms with van der Waals surface area (Å²) in [6.07, 6.45) is 2.98. The average Bonchev–Trinajstić information content (AvgIpc) is 2.97. The normalized spacial score (nSPS) is 11.3. The lowest BCUT2D eigenvalue weighted by molar-refractivity contribution is 0.807. The van der Waals surface area contributed by atoms with Crippen LogP contribution < -0.4 is 5.32 Å². The molecule has 0 amide bonds. The average molecular weight is 294 g/mol. The van der Waals surface area contributed by atoms with E-state index in [1.54, 1.807) is 0 Å². The molecule has 3 rings (SSSR count). The maximum absolute atomic E-state index is 4.84. The molecule has 4 heteroatoms. The summed E-state index contributed by atoms with van der Waals surface area (Å²) in [5.41, 5.74) is 4.22. The Bertz CT molecular complexity index is 759. The number of hydrogen-bond acceptors (Lipinski definition) is 3. The van der Waals surface area contributed by atoms with Gasteiger partial charge >= 0.3 is 0 Å². The molecule has 0 unspecified atom stereocenters. The zero-order chi connectivity index (χ0) is 15.5. The molecule has 114 valence electrons. The number of aromatic nitrogens is 3. The van der Waals surface area contributed by atoms with Crippen LogP contribution >= 0.6 is 0 Å². The van der Waals surface area contributed by atoms with Gasteiger partial charge in [0.15, 0.2) is 5.65 Å². The first-order valence-electron chi connectivity index (χ1n) is 7.88. The molecule has 0 saturated heterocycles. The molecule has 0 aliphatic heterocycles. The fraction of sp³-hybridized carbons (Fsp3) is 0.333. The molecule has 0 atom stereocenters. The summed E-state index contributed by atoms with van der Waals surface area (Å²) in [5, 5.41) is 8.00. The molecule has 0 aliphatic rings. The topological polar surface area (TPSA) is 42.2 Å². The number of hydrogen-bond donors (Lipinski definition) is 1. The molecule has 0 radical (unpaired) electrons. The first-order chi connectivity index (χ1) is 10.7. The van der Waals surface area contributed by atoms with E-state index >= 15 is 0 Å². The van der Waals surface area contributed by atoms with Crippen LogP contribution in [0.2, 0.25) is 0 Å². The molecule has 3 aromatic rings. The van der Waals surface area contributed by atoms with Crippen molar-refractivity contribution in [3.8, 4) is 11.1 Å². The Morgan fingerprint density at radius 3 is 2.64 bits per heavy atom. The minimum absolute atomic E-state index is 0.380. The van der Waals surface area contributed by atoms with Gasteiger partial charge in [-0.15, -0.1) is 0 Å². The standard InChI is InChI=1S/C18H22N4/c1-4-10-19-17-11-16(13(2)3)21-18-15(12-20-22(17)18)14-8-6-5-7-9-14/h5-9,11-13,19H,4,10H2,1-3H3. The summed E-state index contributed by atoms with van der Waals surface area (Å²) in [6, 6.07) is 12.4. The van der Waals surface area contributed by atoms with Crippen LogP contribution in [0.25, 0.3) is 16.8 Å². The van der Waals surface area contributed by atoms with Crippen LogP contribution in [0.4, 0.5) is 5.82 Å². The highest BCUT2D eigenvalue weighted by Gasteiger charge is 2.14. The van der Waals surface area contributed by atoms with Crippen LogP contribution in [0.1, 0.15) is 38.8 Å². The first kappa shape index (κ1) is 14.6. The minimum atomic E-state index is 0.380. The maximum Gasteiger partial charge on any atom is 0.165 e. The van der Waals surface area contributed by atoms with Crippen molar-refractivity contribution in [1.82, 2.24) is 14.6 Å². The Morgan fingerprint density at radius 1 is 1.18 bits per heavy atom. The van der Waals surface area contributed by atoms with E-state index in [4.69, 9.17) is 4.98 Å².